The molecule has 0 aliphatic rings. The summed E-state index contributed by atoms with van der Waals surface area (Å²) < 4.78 is 5.07. The average Bonchev–Trinajstić information content (AvgIpc) is 2.01. The van der Waals surface area contributed by atoms with Crippen molar-refractivity contribution >= 4 is 11.9 Å². The van der Waals surface area contributed by atoms with E-state index in [0.717, 1.165) is 5.06 Å². The van der Waals surface area contributed by atoms with Crippen LogP contribution in [0.3, 0.4) is 0 Å². The first-order valence-corrected chi connectivity index (χ1v) is 4.80. The van der Waals surface area contributed by atoms with Crippen LogP contribution in [0.25, 0.3) is 0 Å². The van der Waals surface area contributed by atoms with Gasteiger partial charge in [-0.2, -0.15) is 5.06 Å². The zero-order chi connectivity index (χ0) is 12.1. The predicted octanol–water partition coefficient (Wildman–Crippen LogP) is 1.76. The Balaban J connectivity index is 4.16. The third kappa shape index (κ3) is 6.90. The van der Waals surface area contributed by atoms with Crippen LogP contribution in [0.5, 0.6) is 0 Å². The van der Waals surface area contributed by atoms with Crippen LogP contribution in [0.1, 0.15) is 34.1 Å². The molecule has 88 valence electrons. The Hall–Kier alpha value is -1.10. The molecule has 5 nitrogen and oxygen atoms in total. The smallest absolute Gasteiger partial charge is 0.434 e. The maximum Gasteiger partial charge on any atom is 0.434 e. The van der Waals surface area contributed by atoms with Gasteiger partial charge in [0, 0.05) is 6.42 Å². The molecule has 0 saturated heterocycles. The lowest BCUT2D eigenvalue weighted by Gasteiger charge is -2.25. The number of hydrogen-bond acceptors (Lipinski definition) is 4. The van der Waals surface area contributed by atoms with Gasteiger partial charge in [-0.1, -0.05) is 0 Å². The Kier molecular flexibility index (Phi) is 5.28. The molecule has 5 heteroatoms. The summed E-state index contributed by atoms with van der Waals surface area (Å²) in [7, 11) is 1.37. The molecule has 1 amide bonds. The van der Waals surface area contributed by atoms with Crippen LogP contribution >= 0.6 is 0 Å². The summed E-state index contributed by atoms with van der Waals surface area (Å²) in [6.45, 7) is 6.97. The fourth-order valence-electron chi connectivity index (χ4n) is 0.829. The molecule has 0 unspecified atom stereocenters. The first-order chi connectivity index (χ1) is 6.76. The standard InChI is InChI=1S/C10H19NO4/c1-8(12)6-7-11(14-5)9(13)15-10(2,3)4/h6-7H2,1-5H3. The van der Waals surface area contributed by atoms with Crippen molar-refractivity contribution in [1.82, 2.24) is 5.06 Å². The fourth-order valence-corrected chi connectivity index (χ4v) is 0.829. The normalized spacial score (nSPS) is 11.0. The number of hydrogen-bond donors (Lipinski definition) is 0. The van der Waals surface area contributed by atoms with E-state index in [1.54, 1.807) is 20.8 Å². The third-order valence-electron chi connectivity index (χ3n) is 1.48. The molecular weight excluding hydrogens is 198 g/mol. The van der Waals surface area contributed by atoms with Gasteiger partial charge in [-0.3, -0.25) is 9.63 Å². The Morgan fingerprint density at radius 1 is 1.27 bits per heavy atom. The highest BCUT2D eigenvalue weighted by Crippen LogP contribution is 2.10. The molecular formula is C10H19NO4. The second kappa shape index (κ2) is 5.70. The molecule has 0 aromatic heterocycles. The van der Waals surface area contributed by atoms with E-state index < -0.39 is 11.7 Å². The number of Topliss-reactive ketones (excluding diaryl/α,β-unsaturated/α-hetero) is 1. The van der Waals surface area contributed by atoms with E-state index >= 15 is 0 Å². The van der Waals surface area contributed by atoms with Crippen molar-refractivity contribution in [1.29, 1.82) is 0 Å². The third-order valence-corrected chi connectivity index (χ3v) is 1.48. The molecule has 0 heterocycles. The van der Waals surface area contributed by atoms with E-state index in [2.05, 4.69) is 0 Å². The second-order valence-corrected chi connectivity index (χ2v) is 4.22. The van der Waals surface area contributed by atoms with Crippen LogP contribution < -0.4 is 0 Å². The zero-order valence-corrected chi connectivity index (χ0v) is 9.99. The molecule has 15 heavy (non-hydrogen) atoms. The largest absolute Gasteiger partial charge is 0.442 e. The van der Waals surface area contributed by atoms with Crippen molar-refractivity contribution in [2.75, 3.05) is 13.7 Å². The molecule has 0 rings (SSSR count). The van der Waals surface area contributed by atoms with Gasteiger partial charge in [0.1, 0.15) is 11.4 Å². The number of ketones is 1. The number of nitrogens with zero attached hydrogens (tertiary/aromatic N) is 1. The SMILES string of the molecule is CON(CCC(C)=O)C(=O)OC(C)(C)C. The van der Waals surface area contributed by atoms with Crippen molar-refractivity contribution in [2.24, 2.45) is 0 Å². The summed E-state index contributed by atoms with van der Waals surface area (Å²) in [6.07, 6.45) is -0.321. The molecule has 0 aliphatic carbocycles. The number of carbonyl (C=O) groups excluding carboxylic acids is 2. The number of rotatable bonds is 4. The molecule has 0 N–H and O–H groups in total. The monoisotopic (exact) mass is 217 g/mol. The van der Waals surface area contributed by atoms with Crippen molar-refractivity contribution < 1.29 is 19.2 Å². The molecule has 0 bridgehead atoms. The molecule has 0 saturated carbocycles. The Morgan fingerprint density at radius 2 is 1.80 bits per heavy atom. The summed E-state index contributed by atoms with van der Waals surface area (Å²) in [5, 5.41) is 1.03. The van der Waals surface area contributed by atoms with E-state index in [1.165, 1.54) is 14.0 Å². The number of ether oxygens (including phenoxy) is 1. The van der Waals surface area contributed by atoms with Crippen LogP contribution in [0.15, 0.2) is 0 Å². The van der Waals surface area contributed by atoms with Crippen LogP contribution in [-0.4, -0.2) is 36.2 Å². The van der Waals surface area contributed by atoms with Crippen molar-refractivity contribution in [3.63, 3.8) is 0 Å². The highest BCUT2D eigenvalue weighted by Gasteiger charge is 2.22. The minimum Gasteiger partial charge on any atom is -0.442 e. The summed E-state index contributed by atoms with van der Waals surface area (Å²) in [6, 6.07) is 0. The molecule has 0 atom stereocenters. The van der Waals surface area contributed by atoms with Crippen molar-refractivity contribution in [3.8, 4) is 0 Å². The van der Waals surface area contributed by atoms with Crippen molar-refractivity contribution in [3.05, 3.63) is 0 Å². The molecule has 0 aliphatic heterocycles. The lowest BCUT2D eigenvalue weighted by molar-refractivity contribution is -0.131. The first-order valence-electron chi connectivity index (χ1n) is 4.80. The van der Waals surface area contributed by atoms with Crippen LogP contribution in [0.2, 0.25) is 0 Å². The summed E-state index contributed by atoms with van der Waals surface area (Å²) in [5.74, 6) is 0.000564. The second-order valence-electron chi connectivity index (χ2n) is 4.22. The molecule has 0 aromatic carbocycles. The first kappa shape index (κ1) is 13.9. The predicted molar refractivity (Wildman–Crippen MR) is 55.2 cm³/mol. The highest BCUT2D eigenvalue weighted by molar-refractivity contribution is 5.76. The van der Waals surface area contributed by atoms with Gasteiger partial charge < -0.3 is 4.74 Å². The van der Waals surface area contributed by atoms with Crippen LogP contribution in [0.4, 0.5) is 4.79 Å². The van der Waals surface area contributed by atoms with Gasteiger partial charge >= 0.3 is 6.09 Å². The molecule has 0 fully saturated rings. The van der Waals surface area contributed by atoms with E-state index in [-0.39, 0.29) is 18.7 Å². The van der Waals surface area contributed by atoms with Crippen LogP contribution in [0, 0.1) is 0 Å². The zero-order valence-electron chi connectivity index (χ0n) is 9.99. The van der Waals surface area contributed by atoms with Gasteiger partial charge in [0.05, 0.1) is 13.7 Å². The fraction of sp³-hybridized carbons (Fsp3) is 0.800. The molecule has 0 radical (unpaired) electrons. The van der Waals surface area contributed by atoms with Crippen LogP contribution in [-0.2, 0) is 14.4 Å². The maximum atomic E-state index is 11.5. The summed E-state index contributed by atoms with van der Waals surface area (Å²) in [4.78, 5) is 27.0. The summed E-state index contributed by atoms with van der Waals surface area (Å²) >= 11 is 0. The lowest BCUT2D eigenvalue weighted by atomic mass is 10.2. The van der Waals surface area contributed by atoms with Gasteiger partial charge in [0.25, 0.3) is 0 Å². The Bertz CT molecular complexity index is 232. The number of amides is 1. The highest BCUT2D eigenvalue weighted by atomic mass is 16.7. The van der Waals surface area contributed by atoms with E-state index in [1.807, 2.05) is 0 Å². The van der Waals surface area contributed by atoms with Gasteiger partial charge in [-0.25, -0.2) is 4.79 Å². The molecule has 0 spiro atoms. The van der Waals surface area contributed by atoms with Gasteiger partial charge in [-0.05, 0) is 27.7 Å². The number of hydroxylamine groups is 2. The maximum absolute atomic E-state index is 11.5. The quantitative estimate of drug-likeness (QED) is 0.673. The van der Waals surface area contributed by atoms with Crippen molar-refractivity contribution in [2.45, 2.75) is 39.7 Å². The van der Waals surface area contributed by atoms with E-state index in [0.29, 0.717) is 0 Å². The molecule has 0 aromatic rings. The minimum absolute atomic E-state index is 0.000564. The van der Waals surface area contributed by atoms with E-state index in [9.17, 15) is 9.59 Å². The van der Waals surface area contributed by atoms with Gasteiger partial charge in [-0.15, -0.1) is 0 Å². The Labute approximate surface area is 90.3 Å². The lowest BCUT2D eigenvalue weighted by Crippen LogP contribution is -2.37. The van der Waals surface area contributed by atoms with Gasteiger partial charge in [0.15, 0.2) is 0 Å². The Morgan fingerprint density at radius 3 is 2.13 bits per heavy atom. The minimum atomic E-state index is -0.578. The topological polar surface area (TPSA) is 55.8 Å². The average molecular weight is 217 g/mol. The summed E-state index contributed by atoms with van der Waals surface area (Å²) in [5.41, 5.74) is -0.565. The van der Waals surface area contributed by atoms with Gasteiger partial charge in [0.2, 0.25) is 0 Å². The van der Waals surface area contributed by atoms with E-state index in [4.69, 9.17) is 9.57 Å². The number of carbonyl (C=O) groups is 2.